The minimum atomic E-state index is -0.394. The molecule has 0 unspecified atom stereocenters. The number of hydrogen-bond donors (Lipinski definition) is 2. The Morgan fingerprint density at radius 3 is 2.52 bits per heavy atom. The van der Waals surface area contributed by atoms with Crippen LogP contribution in [0.2, 0.25) is 0 Å². The molecule has 3 aromatic rings. The van der Waals surface area contributed by atoms with Gasteiger partial charge in [-0.15, -0.1) is 0 Å². The van der Waals surface area contributed by atoms with Gasteiger partial charge in [0.1, 0.15) is 5.82 Å². The van der Waals surface area contributed by atoms with Gasteiger partial charge in [0.25, 0.3) is 5.69 Å². The second-order valence-corrected chi connectivity index (χ2v) is 6.84. The van der Waals surface area contributed by atoms with Crippen LogP contribution in [-0.4, -0.2) is 47.0 Å². The fourth-order valence-electron chi connectivity index (χ4n) is 2.74. The Kier molecular flexibility index (Phi) is 6.70. The Balaban J connectivity index is 1.80. The van der Waals surface area contributed by atoms with E-state index in [2.05, 4.69) is 25.5 Å². The van der Waals surface area contributed by atoms with Gasteiger partial charge < -0.3 is 15.5 Å². The molecule has 0 radical (unpaired) electrons. The van der Waals surface area contributed by atoms with Gasteiger partial charge in [0, 0.05) is 43.4 Å². The van der Waals surface area contributed by atoms with Crippen molar-refractivity contribution in [3.8, 4) is 11.3 Å². The maximum atomic E-state index is 11.0. The summed E-state index contributed by atoms with van der Waals surface area (Å²) in [5.41, 5.74) is 2.67. The van der Waals surface area contributed by atoms with E-state index in [9.17, 15) is 10.1 Å². The van der Waals surface area contributed by atoms with Crippen molar-refractivity contribution in [3.63, 3.8) is 0 Å². The molecule has 0 saturated heterocycles. The van der Waals surface area contributed by atoms with E-state index in [1.807, 2.05) is 56.6 Å². The van der Waals surface area contributed by atoms with Crippen LogP contribution in [0.4, 0.5) is 17.5 Å². The lowest BCUT2D eigenvalue weighted by atomic mass is 10.1. The van der Waals surface area contributed by atoms with Crippen LogP contribution in [0.1, 0.15) is 5.56 Å². The first-order valence-corrected chi connectivity index (χ1v) is 9.31. The van der Waals surface area contributed by atoms with E-state index in [-0.39, 0.29) is 5.69 Å². The summed E-state index contributed by atoms with van der Waals surface area (Å²) in [6, 6.07) is 18.3. The molecule has 8 nitrogen and oxygen atoms in total. The molecule has 0 aliphatic rings. The van der Waals surface area contributed by atoms with Crippen LogP contribution in [0, 0.1) is 10.1 Å². The smallest absolute Gasteiger partial charge is 0.269 e. The average Bonchev–Trinajstić information content (AvgIpc) is 2.73. The molecule has 0 amide bonds. The van der Waals surface area contributed by atoms with Crippen molar-refractivity contribution in [1.29, 1.82) is 0 Å². The Labute approximate surface area is 169 Å². The highest BCUT2D eigenvalue weighted by Crippen LogP contribution is 2.22. The third-order valence-electron chi connectivity index (χ3n) is 4.23. The summed E-state index contributed by atoms with van der Waals surface area (Å²) in [4.78, 5) is 21.8. The zero-order valence-corrected chi connectivity index (χ0v) is 16.5. The highest BCUT2D eigenvalue weighted by atomic mass is 16.6. The van der Waals surface area contributed by atoms with Gasteiger partial charge >= 0.3 is 0 Å². The summed E-state index contributed by atoms with van der Waals surface area (Å²) in [5.74, 6) is 1.19. The van der Waals surface area contributed by atoms with E-state index < -0.39 is 4.92 Å². The van der Waals surface area contributed by atoms with Crippen LogP contribution in [0.25, 0.3) is 11.3 Å². The fourth-order valence-corrected chi connectivity index (χ4v) is 2.74. The normalized spacial score (nSPS) is 10.7. The molecule has 150 valence electrons. The van der Waals surface area contributed by atoms with Crippen LogP contribution in [-0.2, 0) is 6.54 Å². The highest BCUT2D eigenvalue weighted by Gasteiger charge is 2.09. The molecule has 0 saturated carbocycles. The molecule has 2 aromatic carbocycles. The molecule has 1 aromatic heterocycles. The van der Waals surface area contributed by atoms with Gasteiger partial charge in [-0.25, -0.2) is 4.98 Å². The minimum Gasteiger partial charge on any atom is -0.366 e. The van der Waals surface area contributed by atoms with Gasteiger partial charge in [-0.3, -0.25) is 10.1 Å². The van der Waals surface area contributed by atoms with Crippen molar-refractivity contribution >= 4 is 17.5 Å². The van der Waals surface area contributed by atoms with Crippen molar-refractivity contribution in [1.82, 2.24) is 14.9 Å². The lowest BCUT2D eigenvalue weighted by molar-refractivity contribution is -0.384. The first kappa shape index (κ1) is 20.2. The molecule has 3 rings (SSSR count). The average molecular weight is 392 g/mol. The quantitative estimate of drug-likeness (QED) is 0.424. The Morgan fingerprint density at radius 1 is 1.00 bits per heavy atom. The number of nitrogens with one attached hydrogen (secondary N) is 2. The second kappa shape index (κ2) is 9.61. The number of benzene rings is 2. The molecule has 0 atom stereocenters. The molecule has 0 fully saturated rings. The molecule has 1 heterocycles. The number of hydrogen-bond acceptors (Lipinski definition) is 7. The topological polar surface area (TPSA) is 96.2 Å². The van der Waals surface area contributed by atoms with Gasteiger partial charge in [0.05, 0.1) is 10.6 Å². The molecule has 8 heteroatoms. The van der Waals surface area contributed by atoms with Crippen molar-refractivity contribution in [2.24, 2.45) is 0 Å². The van der Waals surface area contributed by atoms with Crippen LogP contribution in [0.5, 0.6) is 0 Å². The lowest BCUT2D eigenvalue weighted by Gasteiger charge is -2.13. The molecule has 2 N–H and O–H groups in total. The van der Waals surface area contributed by atoms with E-state index in [4.69, 9.17) is 0 Å². The third-order valence-corrected chi connectivity index (χ3v) is 4.23. The molecular weight excluding hydrogens is 368 g/mol. The number of likely N-dealkylation sites (N-methyl/N-ethyl adjacent to an activating group) is 1. The van der Waals surface area contributed by atoms with Gasteiger partial charge in [-0.1, -0.05) is 42.5 Å². The van der Waals surface area contributed by atoms with Crippen LogP contribution in [0.3, 0.4) is 0 Å². The van der Waals surface area contributed by atoms with Crippen LogP contribution in [0.15, 0.2) is 60.7 Å². The standard InChI is InChI=1S/C21H24N6O2/c1-26(2)12-11-22-21-24-19(17-8-4-3-5-9-17)14-20(25-21)23-15-16-7-6-10-18(13-16)27(28)29/h3-10,13-14H,11-12,15H2,1-2H3,(H2,22,23,24,25). The molecular formula is C21H24N6O2. The Morgan fingerprint density at radius 2 is 1.79 bits per heavy atom. The predicted molar refractivity (Wildman–Crippen MR) is 115 cm³/mol. The molecule has 29 heavy (non-hydrogen) atoms. The Bertz CT molecular complexity index is 962. The zero-order chi connectivity index (χ0) is 20.6. The van der Waals surface area contributed by atoms with Crippen molar-refractivity contribution < 1.29 is 4.92 Å². The van der Waals surface area contributed by atoms with E-state index in [0.717, 1.165) is 29.9 Å². The third kappa shape index (κ3) is 5.98. The second-order valence-electron chi connectivity index (χ2n) is 6.84. The minimum absolute atomic E-state index is 0.0722. The largest absolute Gasteiger partial charge is 0.366 e. The summed E-state index contributed by atoms with van der Waals surface area (Å²) in [7, 11) is 4.02. The summed E-state index contributed by atoms with van der Waals surface area (Å²) in [5, 5.41) is 17.5. The molecule has 0 bridgehead atoms. The number of non-ortho nitro benzene ring substituents is 1. The summed E-state index contributed by atoms with van der Waals surface area (Å²) < 4.78 is 0. The maximum absolute atomic E-state index is 11.0. The number of aromatic nitrogens is 2. The monoisotopic (exact) mass is 392 g/mol. The number of rotatable bonds is 9. The van der Waals surface area contributed by atoms with E-state index in [0.29, 0.717) is 18.3 Å². The van der Waals surface area contributed by atoms with E-state index in [1.54, 1.807) is 12.1 Å². The molecule has 0 aliphatic carbocycles. The fraction of sp³-hybridized carbons (Fsp3) is 0.238. The summed E-state index contributed by atoms with van der Waals surface area (Å²) in [6.45, 7) is 2.00. The zero-order valence-electron chi connectivity index (χ0n) is 16.5. The van der Waals surface area contributed by atoms with Gasteiger partial charge in [0.2, 0.25) is 5.95 Å². The number of nitrogens with zero attached hydrogens (tertiary/aromatic N) is 4. The summed E-state index contributed by atoms with van der Waals surface area (Å²) in [6.07, 6.45) is 0. The van der Waals surface area contributed by atoms with Crippen molar-refractivity contribution in [3.05, 3.63) is 76.3 Å². The van der Waals surface area contributed by atoms with Crippen molar-refractivity contribution in [2.45, 2.75) is 6.54 Å². The highest BCUT2D eigenvalue weighted by molar-refractivity contribution is 5.64. The number of nitro benzene ring substituents is 1. The van der Waals surface area contributed by atoms with E-state index >= 15 is 0 Å². The van der Waals surface area contributed by atoms with E-state index in [1.165, 1.54) is 6.07 Å². The first-order valence-electron chi connectivity index (χ1n) is 9.31. The lowest BCUT2D eigenvalue weighted by Crippen LogP contribution is -2.21. The Hall–Kier alpha value is -3.52. The molecule has 0 aliphatic heterocycles. The van der Waals surface area contributed by atoms with Crippen molar-refractivity contribution in [2.75, 3.05) is 37.8 Å². The van der Waals surface area contributed by atoms with Crippen LogP contribution >= 0.6 is 0 Å². The number of nitro groups is 1. The number of anilines is 2. The van der Waals surface area contributed by atoms with Gasteiger partial charge in [-0.2, -0.15) is 4.98 Å². The van der Waals surface area contributed by atoms with Gasteiger partial charge in [-0.05, 0) is 19.7 Å². The first-order chi connectivity index (χ1) is 14.0. The molecule has 0 spiro atoms. The summed E-state index contributed by atoms with van der Waals surface area (Å²) >= 11 is 0. The van der Waals surface area contributed by atoms with Crippen LogP contribution < -0.4 is 10.6 Å². The SMILES string of the molecule is CN(C)CCNc1nc(NCc2cccc([N+](=O)[O-])c2)cc(-c2ccccc2)n1. The maximum Gasteiger partial charge on any atom is 0.269 e. The predicted octanol–water partition coefficient (Wildman–Crippen LogP) is 3.64. The van der Waals surface area contributed by atoms with Gasteiger partial charge in [0.15, 0.2) is 0 Å².